The fraction of sp³-hybridized carbons (Fsp3) is 0.176. The van der Waals surface area contributed by atoms with Crippen LogP contribution in [-0.4, -0.2) is 29.3 Å². The minimum Gasteiger partial charge on any atom is -0.319 e. The number of amides is 4. The monoisotopic (exact) mass is 390 g/mol. The first-order chi connectivity index (χ1) is 12.8. The van der Waals surface area contributed by atoms with Crippen LogP contribution in [0, 0.1) is 23.0 Å². The second-order valence-electron chi connectivity index (χ2n) is 5.89. The van der Waals surface area contributed by atoms with E-state index in [0.29, 0.717) is 4.90 Å². The molecule has 2 aromatic rings. The van der Waals surface area contributed by atoms with Gasteiger partial charge in [0, 0.05) is 5.56 Å². The van der Waals surface area contributed by atoms with E-state index in [2.05, 4.69) is 10.6 Å². The third-order valence-corrected chi connectivity index (χ3v) is 4.91. The van der Waals surface area contributed by atoms with Gasteiger partial charge in [0.15, 0.2) is 0 Å². The van der Waals surface area contributed by atoms with Crippen molar-refractivity contribution in [3.8, 4) is 6.07 Å². The maximum Gasteiger partial charge on any atom is 0.325 e. The largest absolute Gasteiger partial charge is 0.325 e. The van der Waals surface area contributed by atoms with Gasteiger partial charge in [-0.15, -0.1) is 11.3 Å². The number of thiophene rings is 1. The Labute approximate surface area is 156 Å². The van der Waals surface area contributed by atoms with Crippen LogP contribution in [0.3, 0.4) is 0 Å². The SMILES string of the molecule is CC1(c2cc(F)ccc2F)NC(=O)N(CC(=O)Nc2sccc2C#N)C1=O. The molecular weight excluding hydrogens is 378 g/mol. The fourth-order valence-electron chi connectivity index (χ4n) is 2.71. The maximum atomic E-state index is 14.1. The minimum atomic E-state index is -1.84. The van der Waals surface area contributed by atoms with Crippen LogP contribution >= 0.6 is 11.3 Å². The first-order valence-corrected chi connectivity index (χ1v) is 8.51. The van der Waals surface area contributed by atoms with E-state index >= 15 is 0 Å². The zero-order chi connectivity index (χ0) is 19.8. The third kappa shape index (κ3) is 3.24. The van der Waals surface area contributed by atoms with E-state index < -0.39 is 41.6 Å². The molecular formula is C17H12F2N4O3S. The molecule has 7 nitrogen and oxygen atoms in total. The lowest BCUT2D eigenvalue weighted by atomic mass is 9.91. The summed E-state index contributed by atoms with van der Waals surface area (Å²) in [5.41, 5.74) is -1.93. The van der Waals surface area contributed by atoms with Gasteiger partial charge in [0.05, 0.1) is 5.56 Å². The van der Waals surface area contributed by atoms with Gasteiger partial charge < -0.3 is 10.6 Å². The summed E-state index contributed by atoms with van der Waals surface area (Å²) < 4.78 is 27.6. The Morgan fingerprint density at radius 3 is 2.81 bits per heavy atom. The van der Waals surface area contributed by atoms with Crippen LogP contribution < -0.4 is 10.6 Å². The molecule has 3 rings (SSSR count). The summed E-state index contributed by atoms with van der Waals surface area (Å²) >= 11 is 1.11. The molecule has 1 atom stereocenters. The molecule has 0 saturated carbocycles. The van der Waals surface area contributed by atoms with Gasteiger partial charge in [0.1, 0.15) is 34.8 Å². The van der Waals surface area contributed by atoms with Gasteiger partial charge >= 0.3 is 6.03 Å². The van der Waals surface area contributed by atoms with Crippen molar-refractivity contribution in [3.05, 3.63) is 52.4 Å². The van der Waals surface area contributed by atoms with E-state index in [4.69, 9.17) is 5.26 Å². The molecule has 27 heavy (non-hydrogen) atoms. The Bertz CT molecular complexity index is 1000. The van der Waals surface area contributed by atoms with Crippen LogP contribution in [0.15, 0.2) is 29.6 Å². The molecule has 0 spiro atoms. The molecule has 0 aliphatic carbocycles. The predicted molar refractivity (Wildman–Crippen MR) is 91.6 cm³/mol. The molecule has 1 aromatic heterocycles. The first kappa shape index (κ1) is 18.5. The lowest BCUT2D eigenvalue weighted by Crippen LogP contribution is -2.42. The van der Waals surface area contributed by atoms with Gasteiger partial charge in [-0.3, -0.25) is 14.5 Å². The number of halogens is 2. The highest BCUT2D eigenvalue weighted by atomic mass is 32.1. The van der Waals surface area contributed by atoms with Crippen molar-refractivity contribution in [2.45, 2.75) is 12.5 Å². The number of hydrogen-bond acceptors (Lipinski definition) is 5. The molecule has 1 aliphatic rings. The van der Waals surface area contributed by atoms with Gasteiger partial charge in [-0.2, -0.15) is 5.26 Å². The molecule has 10 heteroatoms. The van der Waals surface area contributed by atoms with Crippen molar-refractivity contribution in [1.82, 2.24) is 10.2 Å². The molecule has 138 valence electrons. The number of imide groups is 1. The van der Waals surface area contributed by atoms with Crippen molar-refractivity contribution in [2.75, 3.05) is 11.9 Å². The standard InChI is InChI=1S/C17H12F2N4O3S/c1-17(11-6-10(18)2-3-12(11)19)15(25)23(16(26)22-17)8-13(24)21-14-9(7-20)4-5-27-14/h2-6H,8H2,1H3,(H,21,24)(H,22,26). The van der Waals surface area contributed by atoms with Crippen molar-refractivity contribution in [2.24, 2.45) is 0 Å². The summed E-state index contributed by atoms with van der Waals surface area (Å²) in [6, 6.07) is 5.06. The quantitative estimate of drug-likeness (QED) is 0.782. The lowest BCUT2D eigenvalue weighted by molar-refractivity contribution is -0.133. The van der Waals surface area contributed by atoms with Crippen LogP contribution in [-0.2, 0) is 15.1 Å². The van der Waals surface area contributed by atoms with Gasteiger partial charge in [0.2, 0.25) is 5.91 Å². The number of hydrogen-bond donors (Lipinski definition) is 2. The average Bonchev–Trinajstić information content (AvgIpc) is 3.15. The number of nitrogens with one attached hydrogen (secondary N) is 2. The number of nitrogens with zero attached hydrogens (tertiary/aromatic N) is 2. The third-order valence-electron chi connectivity index (χ3n) is 4.08. The molecule has 4 amide bonds. The summed E-state index contributed by atoms with van der Waals surface area (Å²) in [6.07, 6.45) is 0. The van der Waals surface area contributed by atoms with Gasteiger partial charge in [-0.25, -0.2) is 13.6 Å². The number of carbonyl (C=O) groups excluding carboxylic acids is 3. The molecule has 0 bridgehead atoms. The Morgan fingerprint density at radius 2 is 2.11 bits per heavy atom. The molecule has 0 radical (unpaired) electrons. The molecule has 1 fully saturated rings. The van der Waals surface area contributed by atoms with Crippen LogP contribution in [0.5, 0.6) is 0 Å². The normalized spacial score (nSPS) is 19.0. The molecule has 2 N–H and O–H groups in total. The number of carbonyl (C=O) groups is 3. The van der Waals surface area contributed by atoms with E-state index in [1.807, 2.05) is 6.07 Å². The number of benzene rings is 1. The molecule has 1 unspecified atom stereocenters. The van der Waals surface area contributed by atoms with Crippen LogP contribution in [0.25, 0.3) is 0 Å². The minimum absolute atomic E-state index is 0.247. The van der Waals surface area contributed by atoms with E-state index in [1.165, 1.54) is 13.0 Å². The predicted octanol–water partition coefficient (Wildman–Crippen LogP) is 2.30. The fourth-order valence-corrected chi connectivity index (χ4v) is 3.46. The number of anilines is 1. The maximum absolute atomic E-state index is 14.1. The Kier molecular flexibility index (Phi) is 4.63. The number of urea groups is 1. The molecule has 2 heterocycles. The summed E-state index contributed by atoms with van der Waals surface area (Å²) in [4.78, 5) is 37.6. The number of rotatable bonds is 4. The second-order valence-corrected chi connectivity index (χ2v) is 6.81. The Morgan fingerprint density at radius 1 is 1.37 bits per heavy atom. The van der Waals surface area contributed by atoms with Crippen molar-refractivity contribution in [1.29, 1.82) is 5.26 Å². The van der Waals surface area contributed by atoms with E-state index in [0.717, 1.165) is 29.5 Å². The second kappa shape index (κ2) is 6.77. The summed E-state index contributed by atoms with van der Waals surface area (Å²) in [5.74, 6) is -3.23. The summed E-state index contributed by atoms with van der Waals surface area (Å²) in [7, 11) is 0. The van der Waals surface area contributed by atoms with Crippen LogP contribution in [0.2, 0.25) is 0 Å². The first-order valence-electron chi connectivity index (χ1n) is 7.63. The Balaban J connectivity index is 1.81. The van der Waals surface area contributed by atoms with E-state index in [9.17, 15) is 23.2 Å². The van der Waals surface area contributed by atoms with Crippen molar-refractivity contribution >= 4 is 34.2 Å². The van der Waals surface area contributed by atoms with Crippen LogP contribution in [0.1, 0.15) is 18.1 Å². The van der Waals surface area contributed by atoms with Crippen LogP contribution in [0.4, 0.5) is 18.6 Å². The highest BCUT2D eigenvalue weighted by Crippen LogP contribution is 2.31. The van der Waals surface area contributed by atoms with E-state index in [-0.39, 0.29) is 16.1 Å². The zero-order valence-electron chi connectivity index (χ0n) is 13.9. The van der Waals surface area contributed by atoms with Gasteiger partial charge in [0.25, 0.3) is 5.91 Å². The van der Waals surface area contributed by atoms with Gasteiger partial charge in [-0.1, -0.05) is 0 Å². The topological polar surface area (TPSA) is 102 Å². The molecule has 1 aliphatic heterocycles. The Hall–Kier alpha value is -3.32. The molecule has 1 saturated heterocycles. The summed E-state index contributed by atoms with van der Waals surface area (Å²) in [5, 5.41) is 15.6. The van der Waals surface area contributed by atoms with Gasteiger partial charge in [-0.05, 0) is 36.6 Å². The summed E-state index contributed by atoms with van der Waals surface area (Å²) in [6.45, 7) is 0.593. The van der Waals surface area contributed by atoms with E-state index in [1.54, 1.807) is 5.38 Å². The zero-order valence-corrected chi connectivity index (χ0v) is 14.7. The van der Waals surface area contributed by atoms with Crippen molar-refractivity contribution < 1.29 is 23.2 Å². The lowest BCUT2D eigenvalue weighted by Gasteiger charge is -2.22. The highest BCUT2D eigenvalue weighted by Gasteiger charge is 2.50. The van der Waals surface area contributed by atoms with Crippen molar-refractivity contribution in [3.63, 3.8) is 0 Å². The highest BCUT2D eigenvalue weighted by molar-refractivity contribution is 7.14. The number of nitriles is 1. The average molecular weight is 390 g/mol. The molecule has 1 aromatic carbocycles. The smallest absolute Gasteiger partial charge is 0.319 e.